The molecule has 0 spiro atoms. The van der Waals surface area contributed by atoms with Crippen LogP contribution in [0.4, 0.5) is 0 Å². The van der Waals surface area contributed by atoms with Crippen LogP contribution in [-0.2, 0) is 4.79 Å². The average Bonchev–Trinajstić information content (AvgIpc) is 2.32. The predicted molar refractivity (Wildman–Crippen MR) is 72.9 cm³/mol. The van der Waals surface area contributed by atoms with Crippen molar-refractivity contribution in [1.29, 1.82) is 0 Å². The molecule has 1 aromatic rings. The average molecular weight is 271 g/mol. The number of carbonyl (C=O) groups excluding carboxylic acids is 1. The number of nitrogens with one attached hydrogen (secondary N) is 1. The van der Waals surface area contributed by atoms with Crippen molar-refractivity contribution in [2.75, 3.05) is 13.1 Å². The maximum absolute atomic E-state index is 11.0. The third-order valence-electron chi connectivity index (χ3n) is 3.03. The molecule has 1 saturated heterocycles. The van der Waals surface area contributed by atoms with Crippen LogP contribution >= 0.6 is 12.4 Å². The lowest BCUT2D eigenvalue weighted by Gasteiger charge is -2.31. The molecule has 2 atom stereocenters. The fourth-order valence-corrected chi connectivity index (χ4v) is 2.19. The molecule has 18 heavy (non-hydrogen) atoms. The monoisotopic (exact) mass is 270 g/mol. The molecule has 0 aromatic heterocycles. The van der Waals surface area contributed by atoms with E-state index in [2.05, 4.69) is 5.32 Å². The van der Waals surface area contributed by atoms with Gasteiger partial charge in [-0.1, -0.05) is 18.2 Å². The molecule has 1 fully saturated rings. The summed E-state index contributed by atoms with van der Waals surface area (Å²) in [6.07, 6.45) is 1.36. The lowest BCUT2D eigenvalue weighted by atomic mass is 9.92. The molecule has 3 N–H and O–H groups in total. The van der Waals surface area contributed by atoms with E-state index in [1.54, 1.807) is 0 Å². The van der Waals surface area contributed by atoms with Crippen LogP contribution in [0.2, 0.25) is 0 Å². The van der Waals surface area contributed by atoms with Crippen molar-refractivity contribution in [3.63, 3.8) is 0 Å². The molecule has 0 bridgehead atoms. The molecular formula is C13H19ClN2O2. The number of hydrogen-bond donors (Lipinski definition) is 2. The molecule has 0 saturated carbocycles. The van der Waals surface area contributed by atoms with Crippen LogP contribution in [0, 0.1) is 5.92 Å². The van der Waals surface area contributed by atoms with E-state index in [1.165, 1.54) is 0 Å². The molecule has 2 rings (SSSR count). The number of nitrogens with two attached hydrogens (primary N) is 1. The minimum atomic E-state index is -0.264. The highest BCUT2D eigenvalue weighted by molar-refractivity contribution is 5.85. The second-order valence-electron chi connectivity index (χ2n) is 4.39. The van der Waals surface area contributed by atoms with Crippen LogP contribution in [0.15, 0.2) is 30.3 Å². The van der Waals surface area contributed by atoms with Crippen molar-refractivity contribution in [1.82, 2.24) is 5.32 Å². The van der Waals surface area contributed by atoms with Gasteiger partial charge in [0.05, 0.1) is 0 Å². The van der Waals surface area contributed by atoms with Crippen LogP contribution in [0.1, 0.15) is 12.8 Å². The number of hydrogen-bond acceptors (Lipinski definition) is 3. The number of piperidine rings is 1. The Morgan fingerprint density at radius 3 is 2.78 bits per heavy atom. The van der Waals surface area contributed by atoms with E-state index in [4.69, 9.17) is 10.5 Å². The van der Waals surface area contributed by atoms with Crippen molar-refractivity contribution in [2.45, 2.75) is 18.9 Å². The summed E-state index contributed by atoms with van der Waals surface area (Å²) >= 11 is 0. The Morgan fingerprint density at radius 1 is 1.39 bits per heavy atom. The molecule has 1 aliphatic rings. The second-order valence-corrected chi connectivity index (χ2v) is 4.39. The van der Waals surface area contributed by atoms with Crippen molar-refractivity contribution in [3.8, 4) is 5.75 Å². The van der Waals surface area contributed by atoms with Gasteiger partial charge in [0.2, 0.25) is 5.91 Å². The fourth-order valence-electron chi connectivity index (χ4n) is 2.19. The van der Waals surface area contributed by atoms with Gasteiger partial charge in [-0.05, 0) is 25.1 Å². The molecule has 1 amide bonds. The summed E-state index contributed by atoms with van der Waals surface area (Å²) in [6.45, 7) is 1.72. The third kappa shape index (κ3) is 4.20. The summed E-state index contributed by atoms with van der Waals surface area (Å²) in [4.78, 5) is 11.0. The zero-order valence-electron chi connectivity index (χ0n) is 10.2. The van der Waals surface area contributed by atoms with Crippen molar-refractivity contribution < 1.29 is 9.53 Å². The summed E-state index contributed by atoms with van der Waals surface area (Å²) in [5, 5.41) is 3.27. The summed E-state index contributed by atoms with van der Waals surface area (Å²) in [5.74, 6) is 0.760. The summed E-state index contributed by atoms with van der Waals surface area (Å²) in [5.41, 5.74) is 5.26. The minimum absolute atomic E-state index is 0. The Hall–Kier alpha value is -1.26. The van der Waals surface area contributed by atoms with Gasteiger partial charge in [-0.2, -0.15) is 0 Å². The number of rotatable bonds is 4. The van der Waals surface area contributed by atoms with E-state index in [9.17, 15) is 4.79 Å². The Morgan fingerprint density at radius 2 is 2.11 bits per heavy atom. The normalized spacial score (nSPS) is 22.9. The molecule has 5 heteroatoms. The molecule has 0 aliphatic carbocycles. The number of amides is 1. The van der Waals surface area contributed by atoms with Crippen LogP contribution < -0.4 is 15.8 Å². The van der Waals surface area contributed by atoms with Gasteiger partial charge in [0.15, 0.2) is 0 Å². The maximum atomic E-state index is 11.0. The molecule has 1 aliphatic heterocycles. The molecular weight excluding hydrogens is 252 g/mol. The molecule has 1 heterocycles. The lowest BCUT2D eigenvalue weighted by Crippen LogP contribution is -2.44. The van der Waals surface area contributed by atoms with E-state index in [1.807, 2.05) is 30.3 Å². The highest BCUT2D eigenvalue weighted by Crippen LogP contribution is 2.21. The van der Waals surface area contributed by atoms with E-state index < -0.39 is 0 Å². The highest BCUT2D eigenvalue weighted by atomic mass is 35.5. The quantitative estimate of drug-likeness (QED) is 0.868. The molecule has 100 valence electrons. The van der Waals surface area contributed by atoms with E-state index >= 15 is 0 Å². The zero-order chi connectivity index (χ0) is 12.1. The number of benzene rings is 1. The largest absolute Gasteiger partial charge is 0.490 e. The van der Waals surface area contributed by atoms with Crippen LogP contribution in [0.5, 0.6) is 5.75 Å². The first-order chi connectivity index (χ1) is 8.25. The Labute approximate surface area is 113 Å². The highest BCUT2D eigenvalue weighted by Gasteiger charge is 2.27. The van der Waals surface area contributed by atoms with Crippen molar-refractivity contribution in [2.24, 2.45) is 11.7 Å². The number of primary amides is 1. The standard InChI is InChI=1S/C13H18N2O2.ClH/c14-13(16)8-10-9-15-7-6-12(10)17-11-4-2-1-3-5-11;/h1-5,10,12,15H,6-9H2,(H2,14,16);1H/t10-,12-;/m0./s1. The predicted octanol–water partition coefficient (Wildman–Crippen LogP) is 1.34. The van der Waals surface area contributed by atoms with Gasteiger partial charge in [0.25, 0.3) is 0 Å². The van der Waals surface area contributed by atoms with Gasteiger partial charge in [-0.3, -0.25) is 4.79 Å². The van der Waals surface area contributed by atoms with Crippen molar-refractivity contribution in [3.05, 3.63) is 30.3 Å². The maximum Gasteiger partial charge on any atom is 0.217 e. The molecule has 1 aromatic carbocycles. The van der Waals surface area contributed by atoms with Crippen LogP contribution in [-0.4, -0.2) is 25.1 Å². The van der Waals surface area contributed by atoms with Crippen LogP contribution in [0.25, 0.3) is 0 Å². The summed E-state index contributed by atoms with van der Waals surface area (Å²) in [6, 6.07) is 9.71. The first kappa shape index (κ1) is 14.8. The number of ether oxygens (including phenoxy) is 1. The van der Waals surface area contributed by atoms with Gasteiger partial charge >= 0.3 is 0 Å². The topological polar surface area (TPSA) is 64.4 Å². The first-order valence-electron chi connectivity index (χ1n) is 5.96. The number of halogens is 1. The Kier molecular flexibility index (Phi) is 5.95. The van der Waals surface area contributed by atoms with E-state index in [-0.39, 0.29) is 30.3 Å². The van der Waals surface area contributed by atoms with Crippen molar-refractivity contribution >= 4 is 18.3 Å². The smallest absolute Gasteiger partial charge is 0.217 e. The molecule has 0 unspecified atom stereocenters. The van der Waals surface area contributed by atoms with Crippen LogP contribution in [0.3, 0.4) is 0 Å². The van der Waals surface area contributed by atoms with E-state index in [0.717, 1.165) is 25.3 Å². The number of para-hydroxylation sites is 1. The van der Waals surface area contributed by atoms with Gasteiger partial charge in [0.1, 0.15) is 11.9 Å². The van der Waals surface area contributed by atoms with Gasteiger partial charge in [0, 0.05) is 18.9 Å². The zero-order valence-corrected chi connectivity index (χ0v) is 11.0. The third-order valence-corrected chi connectivity index (χ3v) is 3.03. The Balaban J connectivity index is 0.00000162. The summed E-state index contributed by atoms with van der Waals surface area (Å²) in [7, 11) is 0. The first-order valence-corrected chi connectivity index (χ1v) is 5.96. The molecule has 0 radical (unpaired) electrons. The van der Waals surface area contributed by atoms with Gasteiger partial charge < -0.3 is 15.8 Å². The fraction of sp³-hybridized carbons (Fsp3) is 0.462. The van der Waals surface area contributed by atoms with Gasteiger partial charge in [-0.25, -0.2) is 0 Å². The van der Waals surface area contributed by atoms with Gasteiger partial charge in [-0.15, -0.1) is 12.4 Å². The lowest BCUT2D eigenvalue weighted by molar-refractivity contribution is -0.119. The Bertz CT molecular complexity index is 373. The SMILES string of the molecule is Cl.NC(=O)C[C@H]1CNCC[C@@H]1Oc1ccccc1. The summed E-state index contributed by atoms with van der Waals surface area (Å²) < 4.78 is 5.92. The number of carbonyl (C=O) groups is 1. The minimum Gasteiger partial charge on any atom is -0.490 e. The van der Waals surface area contributed by atoms with E-state index in [0.29, 0.717) is 6.42 Å². The second kappa shape index (κ2) is 7.24. The molecule has 4 nitrogen and oxygen atoms in total.